The summed E-state index contributed by atoms with van der Waals surface area (Å²) < 4.78 is 0. The summed E-state index contributed by atoms with van der Waals surface area (Å²) >= 11 is 0. The van der Waals surface area contributed by atoms with Gasteiger partial charge >= 0.3 is 0 Å². The molecule has 0 bridgehead atoms. The average molecular weight is 256 g/mol. The largest absolute Gasteiger partial charge is 0.322 e. The van der Waals surface area contributed by atoms with E-state index in [9.17, 15) is 4.79 Å². The van der Waals surface area contributed by atoms with Crippen LogP contribution in [0.25, 0.3) is 11.3 Å². The summed E-state index contributed by atoms with van der Waals surface area (Å²) in [5.74, 6) is 0. The quantitative estimate of drug-likeness (QED) is 0.864. The van der Waals surface area contributed by atoms with Crippen LogP contribution < -0.4 is 10.9 Å². The maximum absolute atomic E-state index is 11.9. The number of H-pyrrole nitrogens is 1. The van der Waals surface area contributed by atoms with Crippen LogP contribution in [-0.4, -0.2) is 11.5 Å². The van der Waals surface area contributed by atoms with Gasteiger partial charge in [-0.3, -0.25) is 4.79 Å². The standard InChI is InChI=1S/C16H20N2O/c1-3-12-5-7-13(8-6-12)15-10-9-14(11-17-4-2)16(19)18-15/h5-10,17H,3-4,11H2,1-2H3,(H,18,19). The molecule has 0 atom stereocenters. The van der Waals surface area contributed by atoms with Gasteiger partial charge in [0.15, 0.2) is 0 Å². The summed E-state index contributed by atoms with van der Waals surface area (Å²) in [6.45, 7) is 5.63. The third-order valence-electron chi connectivity index (χ3n) is 3.23. The predicted octanol–water partition coefficient (Wildman–Crippen LogP) is 2.71. The Morgan fingerprint density at radius 3 is 2.37 bits per heavy atom. The lowest BCUT2D eigenvalue weighted by Gasteiger charge is -2.05. The molecule has 1 heterocycles. The lowest BCUT2D eigenvalue weighted by atomic mass is 10.1. The minimum atomic E-state index is -0.0157. The Labute approximate surface area is 113 Å². The number of hydrogen-bond acceptors (Lipinski definition) is 2. The second-order valence-electron chi connectivity index (χ2n) is 4.56. The first kappa shape index (κ1) is 13.6. The molecule has 2 rings (SSSR count). The van der Waals surface area contributed by atoms with Crippen LogP contribution in [0, 0.1) is 0 Å². The summed E-state index contributed by atoms with van der Waals surface area (Å²) in [5.41, 5.74) is 3.97. The molecule has 0 unspecified atom stereocenters. The first-order valence-electron chi connectivity index (χ1n) is 6.76. The third-order valence-corrected chi connectivity index (χ3v) is 3.23. The molecular formula is C16H20N2O. The zero-order valence-corrected chi connectivity index (χ0v) is 11.5. The lowest BCUT2D eigenvalue weighted by Crippen LogP contribution is -2.20. The van der Waals surface area contributed by atoms with Crippen molar-refractivity contribution in [3.8, 4) is 11.3 Å². The van der Waals surface area contributed by atoms with Crippen molar-refractivity contribution < 1.29 is 0 Å². The van der Waals surface area contributed by atoms with Crippen molar-refractivity contribution in [1.29, 1.82) is 0 Å². The van der Waals surface area contributed by atoms with Crippen LogP contribution >= 0.6 is 0 Å². The summed E-state index contributed by atoms with van der Waals surface area (Å²) in [7, 11) is 0. The van der Waals surface area contributed by atoms with Crippen molar-refractivity contribution in [2.45, 2.75) is 26.8 Å². The van der Waals surface area contributed by atoms with Crippen LogP contribution in [0.3, 0.4) is 0 Å². The highest BCUT2D eigenvalue weighted by Crippen LogP contribution is 2.16. The summed E-state index contributed by atoms with van der Waals surface area (Å²) in [4.78, 5) is 14.9. The second-order valence-corrected chi connectivity index (χ2v) is 4.56. The molecule has 0 aliphatic heterocycles. The van der Waals surface area contributed by atoms with Gasteiger partial charge in [-0.05, 0) is 30.2 Å². The Morgan fingerprint density at radius 1 is 1.05 bits per heavy atom. The van der Waals surface area contributed by atoms with Crippen molar-refractivity contribution in [3.05, 3.63) is 57.9 Å². The first-order valence-corrected chi connectivity index (χ1v) is 6.76. The zero-order chi connectivity index (χ0) is 13.7. The highest BCUT2D eigenvalue weighted by atomic mass is 16.1. The zero-order valence-electron chi connectivity index (χ0n) is 11.5. The van der Waals surface area contributed by atoms with Crippen molar-refractivity contribution in [2.24, 2.45) is 0 Å². The molecule has 0 aliphatic rings. The van der Waals surface area contributed by atoms with Gasteiger partial charge in [0.1, 0.15) is 0 Å². The van der Waals surface area contributed by atoms with Gasteiger partial charge in [-0.1, -0.05) is 44.2 Å². The molecule has 0 aliphatic carbocycles. The van der Waals surface area contributed by atoms with Crippen molar-refractivity contribution in [1.82, 2.24) is 10.3 Å². The van der Waals surface area contributed by atoms with Crippen molar-refractivity contribution >= 4 is 0 Å². The van der Waals surface area contributed by atoms with Gasteiger partial charge in [0.05, 0.1) is 0 Å². The number of aromatic nitrogens is 1. The van der Waals surface area contributed by atoms with Gasteiger partial charge in [0.25, 0.3) is 5.56 Å². The molecule has 2 N–H and O–H groups in total. The topological polar surface area (TPSA) is 44.9 Å². The second kappa shape index (κ2) is 6.34. The number of aromatic amines is 1. The van der Waals surface area contributed by atoms with Crippen LogP contribution in [0.15, 0.2) is 41.2 Å². The van der Waals surface area contributed by atoms with E-state index in [0.717, 1.165) is 29.8 Å². The van der Waals surface area contributed by atoms with Crippen LogP contribution in [-0.2, 0) is 13.0 Å². The minimum Gasteiger partial charge on any atom is -0.322 e. The van der Waals surface area contributed by atoms with E-state index in [2.05, 4.69) is 29.4 Å². The molecule has 3 nitrogen and oxygen atoms in total. The van der Waals surface area contributed by atoms with E-state index in [-0.39, 0.29) is 5.56 Å². The number of aryl methyl sites for hydroxylation is 1. The molecular weight excluding hydrogens is 236 g/mol. The van der Waals surface area contributed by atoms with Crippen molar-refractivity contribution in [2.75, 3.05) is 6.54 Å². The van der Waals surface area contributed by atoms with E-state index < -0.39 is 0 Å². The van der Waals surface area contributed by atoms with Gasteiger partial charge in [0.2, 0.25) is 0 Å². The monoisotopic (exact) mass is 256 g/mol. The number of nitrogens with one attached hydrogen (secondary N) is 2. The maximum Gasteiger partial charge on any atom is 0.252 e. The normalized spacial score (nSPS) is 10.6. The molecule has 0 saturated carbocycles. The molecule has 1 aromatic heterocycles. The molecule has 0 radical (unpaired) electrons. The van der Waals surface area contributed by atoms with Gasteiger partial charge in [-0.25, -0.2) is 0 Å². The summed E-state index contributed by atoms with van der Waals surface area (Å²) in [6, 6.07) is 12.2. The number of hydrogen-bond donors (Lipinski definition) is 2. The fraction of sp³-hybridized carbons (Fsp3) is 0.312. The fourth-order valence-corrected chi connectivity index (χ4v) is 1.99. The Bertz CT molecular complexity index is 584. The van der Waals surface area contributed by atoms with Gasteiger partial charge in [-0.15, -0.1) is 0 Å². The highest BCUT2D eigenvalue weighted by Gasteiger charge is 2.02. The van der Waals surface area contributed by atoms with E-state index in [4.69, 9.17) is 0 Å². The van der Waals surface area contributed by atoms with E-state index in [1.165, 1.54) is 5.56 Å². The molecule has 0 amide bonds. The van der Waals surface area contributed by atoms with Gasteiger partial charge in [0, 0.05) is 17.8 Å². The van der Waals surface area contributed by atoms with Crippen LogP contribution in [0.1, 0.15) is 25.0 Å². The summed E-state index contributed by atoms with van der Waals surface area (Å²) in [6.07, 6.45) is 1.03. The highest BCUT2D eigenvalue weighted by molar-refractivity contribution is 5.59. The lowest BCUT2D eigenvalue weighted by molar-refractivity contribution is 0.720. The number of rotatable bonds is 5. The van der Waals surface area contributed by atoms with E-state index in [0.29, 0.717) is 6.54 Å². The SMILES string of the molecule is CCNCc1ccc(-c2ccc(CC)cc2)[nH]c1=O. The molecule has 1 aromatic carbocycles. The predicted molar refractivity (Wildman–Crippen MR) is 79.3 cm³/mol. The minimum absolute atomic E-state index is 0.0157. The first-order chi connectivity index (χ1) is 9.24. The van der Waals surface area contributed by atoms with Gasteiger partial charge < -0.3 is 10.3 Å². The molecule has 0 spiro atoms. The molecule has 0 fully saturated rings. The molecule has 0 saturated heterocycles. The van der Waals surface area contributed by atoms with E-state index >= 15 is 0 Å². The Kier molecular flexibility index (Phi) is 4.53. The average Bonchev–Trinajstić information content (AvgIpc) is 2.46. The number of benzene rings is 1. The number of pyridine rings is 1. The molecule has 2 aromatic rings. The third kappa shape index (κ3) is 3.32. The molecule has 3 heteroatoms. The maximum atomic E-state index is 11.9. The van der Waals surface area contributed by atoms with Crippen LogP contribution in [0.2, 0.25) is 0 Å². The Morgan fingerprint density at radius 2 is 1.79 bits per heavy atom. The van der Waals surface area contributed by atoms with Gasteiger partial charge in [-0.2, -0.15) is 0 Å². The van der Waals surface area contributed by atoms with E-state index in [1.807, 2.05) is 31.2 Å². The smallest absolute Gasteiger partial charge is 0.252 e. The van der Waals surface area contributed by atoms with Crippen LogP contribution in [0.4, 0.5) is 0 Å². The Balaban J connectivity index is 2.25. The molecule has 100 valence electrons. The Hall–Kier alpha value is -1.87. The molecule has 19 heavy (non-hydrogen) atoms. The fourth-order valence-electron chi connectivity index (χ4n) is 1.99. The summed E-state index contributed by atoms with van der Waals surface area (Å²) in [5, 5.41) is 3.16. The van der Waals surface area contributed by atoms with Crippen molar-refractivity contribution in [3.63, 3.8) is 0 Å². The van der Waals surface area contributed by atoms with Crippen LogP contribution in [0.5, 0.6) is 0 Å². The van der Waals surface area contributed by atoms with E-state index in [1.54, 1.807) is 0 Å².